The van der Waals surface area contributed by atoms with Crippen molar-refractivity contribution in [1.29, 1.82) is 0 Å². The van der Waals surface area contributed by atoms with Crippen molar-refractivity contribution in [3.05, 3.63) is 42.0 Å². The van der Waals surface area contributed by atoms with Crippen LogP contribution in [0.25, 0.3) is 0 Å². The first-order chi connectivity index (χ1) is 9.76. The largest absolute Gasteiger partial charge is 0.496 e. The number of nitrogens with zero attached hydrogens (tertiary/aromatic N) is 1. The Hall–Kier alpha value is -0.780. The van der Waals surface area contributed by atoms with E-state index in [0.717, 1.165) is 38.4 Å². The van der Waals surface area contributed by atoms with Crippen LogP contribution < -0.4 is 10.5 Å². The Bertz CT molecular complexity index is 458. The van der Waals surface area contributed by atoms with Gasteiger partial charge in [-0.1, -0.05) is 18.2 Å². The fraction of sp³-hybridized carbons (Fsp3) is 0.500. The van der Waals surface area contributed by atoms with Crippen LogP contribution in [-0.2, 0) is 17.7 Å². The molecule has 1 aliphatic rings. The van der Waals surface area contributed by atoms with E-state index in [1.54, 1.807) is 7.11 Å². The zero-order chi connectivity index (χ0) is 14.4. The summed E-state index contributed by atoms with van der Waals surface area (Å²) in [5, 5.41) is 0. The first-order valence-corrected chi connectivity index (χ1v) is 7.07. The van der Waals surface area contributed by atoms with Crippen LogP contribution in [0, 0.1) is 0 Å². The van der Waals surface area contributed by atoms with Crippen molar-refractivity contribution in [3.63, 3.8) is 0 Å². The van der Waals surface area contributed by atoms with Gasteiger partial charge in [0.05, 0.1) is 19.8 Å². The summed E-state index contributed by atoms with van der Waals surface area (Å²) in [7, 11) is 1.70. The van der Waals surface area contributed by atoms with Gasteiger partial charge in [-0.15, -0.1) is 31.4 Å². The Kier molecular flexibility index (Phi) is 10.5. The summed E-state index contributed by atoms with van der Waals surface area (Å²) in [6.45, 7) is 7.93. The highest BCUT2D eigenvalue weighted by Gasteiger charge is 2.19. The molecule has 1 heterocycles. The number of rotatable bonds is 6. The summed E-state index contributed by atoms with van der Waals surface area (Å²) >= 11 is 0. The number of nitrogens with two attached hydrogens (primary N) is 1. The summed E-state index contributed by atoms with van der Waals surface area (Å²) < 4.78 is 11.0. The minimum absolute atomic E-state index is 0. The number of morpholine rings is 1. The molecule has 1 aromatic carbocycles. The molecule has 1 saturated heterocycles. The van der Waals surface area contributed by atoms with Crippen molar-refractivity contribution in [3.8, 4) is 5.75 Å². The van der Waals surface area contributed by atoms with Crippen molar-refractivity contribution in [2.75, 3.05) is 33.4 Å². The third kappa shape index (κ3) is 5.78. The number of methoxy groups -OCH3 is 1. The van der Waals surface area contributed by atoms with E-state index in [1.807, 2.05) is 12.1 Å². The standard InChI is InChI=1S/C16H24N2O2.2ClH/c1-3-4-14-9-13(5-6-16(14)19-2)11-18-7-8-20-15(10-17)12-18;;/h3,5-6,9,15H,1,4,7-8,10-12,17H2,2H3;2*1H. The Morgan fingerprint density at radius 2 is 2.23 bits per heavy atom. The van der Waals surface area contributed by atoms with Crippen LogP contribution in [0.2, 0.25) is 0 Å². The third-order valence-corrected chi connectivity index (χ3v) is 3.60. The molecule has 0 radical (unpaired) electrons. The van der Waals surface area contributed by atoms with Gasteiger partial charge in [-0.25, -0.2) is 0 Å². The minimum Gasteiger partial charge on any atom is -0.496 e. The molecule has 22 heavy (non-hydrogen) atoms. The Morgan fingerprint density at radius 3 is 2.86 bits per heavy atom. The van der Waals surface area contributed by atoms with Gasteiger partial charge in [0.25, 0.3) is 0 Å². The van der Waals surface area contributed by atoms with Gasteiger partial charge in [0.2, 0.25) is 0 Å². The number of allylic oxidation sites excluding steroid dienone is 1. The van der Waals surface area contributed by atoms with Crippen molar-refractivity contribution in [1.82, 2.24) is 4.90 Å². The number of ether oxygens (including phenoxy) is 2. The molecule has 126 valence electrons. The monoisotopic (exact) mass is 348 g/mol. The lowest BCUT2D eigenvalue weighted by molar-refractivity contribution is -0.0260. The van der Waals surface area contributed by atoms with Gasteiger partial charge in [-0.2, -0.15) is 0 Å². The Balaban J connectivity index is 0.00000220. The quantitative estimate of drug-likeness (QED) is 0.802. The maximum atomic E-state index is 5.68. The zero-order valence-electron chi connectivity index (χ0n) is 13.0. The summed E-state index contributed by atoms with van der Waals surface area (Å²) in [6.07, 6.45) is 2.89. The normalized spacial score (nSPS) is 18.0. The molecule has 0 saturated carbocycles. The molecule has 1 aliphatic heterocycles. The van der Waals surface area contributed by atoms with Crippen LogP contribution in [0.5, 0.6) is 5.75 Å². The van der Waals surface area contributed by atoms with Crippen molar-refractivity contribution in [2.24, 2.45) is 5.73 Å². The van der Waals surface area contributed by atoms with Crippen LogP contribution in [0.1, 0.15) is 11.1 Å². The summed E-state index contributed by atoms with van der Waals surface area (Å²) in [5.41, 5.74) is 8.16. The predicted molar refractivity (Wildman–Crippen MR) is 95.5 cm³/mol. The van der Waals surface area contributed by atoms with Crippen molar-refractivity contribution < 1.29 is 9.47 Å². The van der Waals surface area contributed by atoms with Gasteiger partial charge in [0.1, 0.15) is 5.75 Å². The minimum atomic E-state index is 0. The molecular weight excluding hydrogens is 323 g/mol. The fourth-order valence-corrected chi connectivity index (χ4v) is 2.57. The van der Waals surface area contributed by atoms with E-state index in [1.165, 1.54) is 11.1 Å². The lowest BCUT2D eigenvalue weighted by Crippen LogP contribution is -2.45. The highest BCUT2D eigenvalue weighted by molar-refractivity contribution is 5.85. The van der Waals surface area contributed by atoms with E-state index >= 15 is 0 Å². The first kappa shape index (κ1) is 21.2. The molecule has 0 aromatic heterocycles. The lowest BCUT2D eigenvalue weighted by atomic mass is 10.1. The van der Waals surface area contributed by atoms with Gasteiger partial charge in [-0.05, 0) is 23.6 Å². The van der Waals surface area contributed by atoms with Crippen molar-refractivity contribution in [2.45, 2.75) is 19.1 Å². The van der Waals surface area contributed by atoms with Crippen LogP contribution in [0.4, 0.5) is 0 Å². The zero-order valence-corrected chi connectivity index (χ0v) is 14.6. The maximum absolute atomic E-state index is 5.68. The van der Waals surface area contributed by atoms with Gasteiger partial charge in [-0.3, -0.25) is 4.90 Å². The SMILES string of the molecule is C=CCc1cc(CN2CCOC(CN)C2)ccc1OC.Cl.Cl. The summed E-state index contributed by atoms with van der Waals surface area (Å²) in [4.78, 5) is 2.39. The molecule has 0 aliphatic carbocycles. The first-order valence-electron chi connectivity index (χ1n) is 7.07. The average molecular weight is 349 g/mol. The molecule has 0 amide bonds. The highest BCUT2D eigenvalue weighted by atomic mass is 35.5. The Labute approximate surface area is 145 Å². The fourth-order valence-electron chi connectivity index (χ4n) is 2.57. The Morgan fingerprint density at radius 1 is 1.45 bits per heavy atom. The molecule has 4 nitrogen and oxygen atoms in total. The molecule has 1 atom stereocenters. The van der Waals surface area contributed by atoms with E-state index in [2.05, 4.69) is 23.6 Å². The molecule has 2 N–H and O–H groups in total. The number of benzene rings is 1. The van der Waals surface area contributed by atoms with E-state index < -0.39 is 0 Å². The third-order valence-electron chi connectivity index (χ3n) is 3.60. The molecule has 2 rings (SSSR count). The van der Waals surface area contributed by atoms with Crippen molar-refractivity contribution >= 4 is 24.8 Å². The molecule has 6 heteroatoms. The number of hydrogen-bond acceptors (Lipinski definition) is 4. The number of hydrogen-bond donors (Lipinski definition) is 1. The van der Waals surface area contributed by atoms with Gasteiger partial charge >= 0.3 is 0 Å². The molecular formula is C16H26Cl2N2O2. The maximum Gasteiger partial charge on any atom is 0.122 e. The topological polar surface area (TPSA) is 47.7 Å². The average Bonchev–Trinajstić information content (AvgIpc) is 2.48. The lowest BCUT2D eigenvalue weighted by Gasteiger charge is -2.32. The second-order valence-corrected chi connectivity index (χ2v) is 5.10. The predicted octanol–water partition coefficient (Wildman–Crippen LogP) is 2.43. The second-order valence-electron chi connectivity index (χ2n) is 5.10. The number of halogens is 2. The smallest absolute Gasteiger partial charge is 0.122 e. The molecule has 0 bridgehead atoms. The molecule has 1 unspecified atom stereocenters. The van der Waals surface area contributed by atoms with Crippen LogP contribution in [-0.4, -0.2) is 44.4 Å². The molecule has 1 aromatic rings. The van der Waals surface area contributed by atoms with E-state index in [-0.39, 0.29) is 30.9 Å². The van der Waals surface area contributed by atoms with E-state index in [0.29, 0.717) is 6.54 Å². The van der Waals surface area contributed by atoms with E-state index in [4.69, 9.17) is 15.2 Å². The second kappa shape index (κ2) is 10.9. The molecule has 1 fully saturated rings. The highest BCUT2D eigenvalue weighted by Crippen LogP contribution is 2.22. The van der Waals surface area contributed by atoms with Gasteiger partial charge in [0.15, 0.2) is 0 Å². The van der Waals surface area contributed by atoms with E-state index in [9.17, 15) is 0 Å². The van der Waals surface area contributed by atoms with Gasteiger partial charge < -0.3 is 15.2 Å². The van der Waals surface area contributed by atoms with Gasteiger partial charge in [0, 0.05) is 26.2 Å². The van der Waals surface area contributed by atoms with Crippen LogP contribution in [0.3, 0.4) is 0 Å². The van der Waals surface area contributed by atoms with Crippen LogP contribution >= 0.6 is 24.8 Å². The molecule has 0 spiro atoms. The van der Waals surface area contributed by atoms with Crippen LogP contribution in [0.15, 0.2) is 30.9 Å². The summed E-state index contributed by atoms with van der Waals surface area (Å²) in [6, 6.07) is 6.36. The summed E-state index contributed by atoms with van der Waals surface area (Å²) in [5.74, 6) is 0.926.